The van der Waals surface area contributed by atoms with Crippen LogP contribution in [0.5, 0.6) is 23.0 Å². The van der Waals surface area contributed by atoms with Crippen LogP contribution in [0.1, 0.15) is 43.8 Å². The fourth-order valence-electron chi connectivity index (χ4n) is 3.71. The monoisotopic (exact) mass is 541 g/mol. The van der Waals surface area contributed by atoms with Gasteiger partial charge in [0.1, 0.15) is 0 Å². The summed E-state index contributed by atoms with van der Waals surface area (Å²) in [6.45, 7) is 2.25. The number of fused-ring (bicyclic) bond motifs is 1. The van der Waals surface area contributed by atoms with Crippen LogP contribution in [-0.4, -0.2) is 37.4 Å². The van der Waals surface area contributed by atoms with E-state index in [1.807, 2.05) is 0 Å². The highest BCUT2D eigenvalue weighted by Gasteiger charge is 2.17. The molecule has 0 bridgehead atoms. The quantitative estimate of drug-likeness (QED) is 0.135. The molecule has 11 nitrogen and oxygen atoms in total. The molecule has 3 aromatic carbocycles. The number of carbonyl (C=O) groups is 3. The topological polar surface area (TPSA) is 138 Å². The third kappa shape index (κ3) is 6.10. The van der Waals surface area contributed by atoms with Crippen LogP contribution in [0.4, 0.5) is 5.69 Å². The van der Waals surface area contributed by atoms with Gasteiger partial charge in [0.05, 0.1) is 19.1 Å². The fourth-order valence-corrected chi connectivity index (χ4v) is 3.71. The number of nitrogens with one attached hydrogen (secondary N) is 2. The molecule has 0 fully saturated rings. The van der Waals surface area contributed by atoms with Crippen LogP contribution in [0.25, 0.3) is 0 Å². The van der Waals surface area contributed by atoms with Crippen LogP contribution in [0.2, 0.25) is 0 Å². The zero-order valence-electron chi connectivity index (χ0n) is 21.2. The molecule has 5 rings (SSSR count). The van der Waals surface area contributed by atoms with Crippen molar-refractivity contribution >= 4 is 29.7 Å². The van der Waals surface area contributed by atoms with Gasteiger partial charge in [0, 0.05) is 16.8 Å². The maximum Gasteiger partial charge on any atom is 0.379 e. The summed E-state index contributed by atoms with van der Waals surface area (Å²) in [5, 5.41) is 6.77. The fraction of sp³-hybridized carbons (Fsp3) is 0.103. The number of furan rings is 1. The van der Waals surface area contributed by atoms with Crippen LogP contribution in [0, 0.1) is 0 Å². The minimum Gasteiger partial charge on any atom is -0.490 e. The molecule has 0 radical (unpaired) electrons. The number of benzene rings is 3. The van der Waals surface area contributed by atoms with Crippen molar-refractivity contribution in [1.82, 2.24) is 5.43 Å². The van der Waals surface area contributed by atoms with Gasteiger partial charge < -0.3 is 28.7 Å². The second-order valence-electron chi connectivity index (χ2n) is 8.31. The molecule has 2 amide bonds. The summed E-state index contributed by atoms with van der Waals surface area (Å²) in [5.74, 6) is 0.168. The Morgan fingerprint density at radius 1 is 0.900 bits per heavy atom. The lowest BCUT2D eigenvalue weighted by Crippen LogP contribution is -2.18. The summed E-state index contributed by atoms with van der Waals surface area (Å²) < 4.78 is 26.6. The molecule has 0 unspecified atom stereocenters. The van der Waals surface area contributed by atoms with Crippen LogP contribution < -0.4 is 29.7 Å². The first-order valence-electron chi connectivity index (χ1n) is 12.2. The van der Waals surface area contributed by atoms with E-state index in [1.54, 1.807) is 67.6 Å². The van der Waals surface area contributed by atoms with Crippen LogP contribution in [-0.2, 0) is 0 Å². The van der Waals surface area contributed by atoms with Gasteiger partial charge in [-0.1, -0.05) is 6.07 Å². The number of esters is 1. The number of carbonyl (C=O) groups excluding carboxylic acids is 3. The molecule has 202 valence electrons. The Kier molecular flexibility index (Phi) is 7.72. The molecule has 0 saturated carbocycles. The molecule has 0 atom stereocenters. The van der Waals surface area contributed by atoms with Crippen molar-refractivity contribution in [2.45, 2.75) is 6.92 Å². The summed E-state index contributed by atoms with van der Waals surface area (Å²) in [6, 6.07) is 19.2. The third-order valence-electron chi connectivity index (χ3n) is 5.59. The van der Waals surface area contributed by atoms with E-state index in [-0.39, 0.29) is 29.8 Å². The number of rotatable bonds is 9. The summed E-state index contributed by atoms with van der Waals surface area (Å²) in [7, 11) is 0. The smallest absolute Gasteiger partial charge is 0.379 e. The van der Waals surface area contributed by atoms with E-state index >= 15 is 0 Å². The zero-order chi connectivity index (χ0) is 27.9. The van der Waals surface area contributed by atoms with Crippen molar-refractivity contribution in [3.8, 4) is 23.0 Å². The maximum absolute atomic E-state index is 12.7. The number of hydrogen-bond acceptors (Lipinski definition) is 9. The Balaban J connectivity index is 1.21. The van der Waals surface area contributed by atoms with Crippen molar-refractivity contribution in [2.24, 2.45) is 5.10 Å². The maximum atomic E-state index is 12.7. The largest absolute Gasteiger partial charge is 0.490 e. The second-order valence-corrected chi connectivity index (χ2v) is 8.31. The Morgan fingerprint density at radius 2 is 1.75 bits per heavy atom. The molecule has 0 saturated heterocycles. The highest BCUT2D eigenvalue weighted by Crippen LogP contribution is 2.33. The van der Waals surface area contributed by atoms with Crippen molar-refractivity contribution in [3.63, 3.8) is 0 Å². The second kappa shape index (κ2) is 11.9. The molecule has 4 aromatic rings. The van der Waals surface area contributed by atoms with Gasteiger partial charge in [-0.3, -0.25) is 9.59 Å². The van der Waals surface area contributed by atoms with E-state index in [2.05, 4.69) is 15.8 Å². The number of amides is 2. The lowest BCUT2D eigenvalue weighted by Gasteiger charge is -2.10. The molecule has 2 heterocycles. The molecular formula is C29H23N3O8. The molecule has 1 aliphatic rings. The van der Waals surface area contributed by atoms with E-state index in [4.69, 9.17) is 23.4 Å². The van der Waals surface area contributed by atoms with E-state index < -0.39 is 11.9 Å². The highest BCUT2D eigenvalue weighted by molar-refractivity contribution is 6.05. The van der Waals surface area contributed by atoms with E-state index in [1.165, 1.54) is 24.6 Å². The van der Waals surface area contributed by atoms with Gasteiger partial charge in [-0.25, -0.2) is 10.2 Å². The average molecular weight is 542 g/mol. The number of hydrazone groups is 1. The SMILES string of the molecule is CCOc1cc(C=NNC(=O)c2cccc(NC(=O)c3ccc4c(c3)OCO4)c2)ccc1OC(=O)c1ccco1. The Bertz CT molecular complexity index is 1580. The van der Waals surface area contributed by atoms with Crippen LogP contribution >= 0.6 is 0 Å². The van der Waals surface area contributed by atoms with E-state index in [0.717, 1.165) is 0 Å². The number of anilines is 1. The van der Waals surface area contributed by atoms with Gasteiger partial charge in [0.25, 0.3) is 11.8 Å². The molecule has 1 aliphatic heterocycles. The molecule has 2 N–H and O–H groups in total. The minimum atomic E-state index is -0.658. The Hall–Kier alpha value is -5.58. The predicted octanol–water partition coefficient (Wildman–Crippen LogP) is 4.64. The number of ether oxygens (including phenoxy) is 4. The van der Waals surface area contributed by atoms with Crippen molar-refractivity contribution in [2.75, 3.05) is 18.7 Å². The molecule has 0 spiro atoms. The first-order valence-corrected chi connectivity index (χ1v) is 12.2. The van der Waals surface area contributed by atoms with Gasteiger partial charge in [-0.2, -0.15) is 5.10 Å². The van der Waals surface area contributed by atoms with Crippen LogP contribution in [0.15, 0.2) is 88.6 Å². The number of nitrogens with zero attached hydrogens (tertiary/aromatic N) is 1. The van der Waals surface area contributed by atoms with Crippen LogP contribution in [0.3, 0.4) is 0 Å². The zero-order valence-corrected chi connectivity index (χ0v) is 21.2. The van der Waals surface area contributed by atoms with Gasteiger partial charge in [-0.15, -0.1) is 0 Å². The highest BCUT2D eigenvalue weighted by atomic mass is 16.7. The molecule has 1 aromatic heterocycles. The van der Waals surface area contributed by atoms with Gasteiger partial charge in [0.15, 0.2) is 23.0 Å². The summed E-state index contributed by atoms with van der Waals surface area (Å²) >= 11 is 0. The standard InChI is InChI=1S/C29H23N3O8/c1-2-36-25-13-18(8-10-23(25)40-29(35)24-7-4-12-37-24)16-30-32-28(34)19-5-3-6-21(14-19)31-27(33)20-9-11-22-26(15-20)39-17-38-22/h3-16H,2,17H2,1H3,(H,31,33)(H,32,34). The van der Waals surface area contributed by atoms with Crippen molar-refractivity contribution in [3.05, 3.63) is 102 Å². The van der Waals surface area contributed by atoms with Gasteiger partial charge in [0.2, 0.25) is 12.6 Å². The number of hydrogen-bond donors (Lipinski definition) is 2. The molecular weight excluding hydrogens is 518 g/mol. The molecule has 0 aliphatic carbocycles. The normalized spacial score (nSPS) is 11.7. The predicted molar refractivity (Wildman–Crippen MR) is 143 cm³/mol. The molecule has 40 heavy (non-hydrogen) atoms. The van der Waals surface area contributed by atoms with Crippen molar-refractivity contribution in [1.29, 1.82) is 0 Å². The molecule has 11 heteroatoms. The Labute approximate surface area is 228 Å². The van der Waals surface area contributed by atoms with Gasteiger partial charge in [-0.05, 0) is 79.2 Å². The minimum absolute atomic E-state index is 0.0624. The lowest BCUT2D eigenvalue weighted by atomic mass is 10.1. The summed E-state index contributed by atoms with van der Waals surface area (Å²) in [6.07, 6.45) is 2.80. The lowest BCUT2D eigenvalue weighted by molar-refractivity contribution is 0.0694. The first-order chi connectivity index (χ1) is 19.5. The third-order valence-corrected chi connectivity index (χ3v) is 5.59. The van der Waals surface area contributed by atoms with Crippen molar-refractivity contribution < 1.29 is 37.7 Å². The summed E-state index contributed by atoms with van der Waals surface area (Å²) in [5.41, 5.74) is 4.15. The van der Waals surface area contributed by atoms with Gasteiger partial charge >= 0.3 is 5.97 Å². The van der Waals surface area contributed by atoms with E-state index in [0.29, 0.717) is 40.7 Å². The first kappa shape index (κ1) is 26.0. The summed E-state index contributed by atoms with van der Waals surface area (Å²) in [4.78, 5) is 37.6. The average Bonchev–Trinajstić information content (AvgIpc) is 3.67. The van der Waals surface area contributed by atoms with E-state index in [9.17, 15) is 14.4 Å². The Morgan fingerprint density at radius 3 is 2.58 bits per heavy atom.